The number of aliphatic imine (C=N–C) groups is 2. The molecule has 4 N–H and O–H groups in total. The second kappa shape index (κ2) is 15.6. The Morgan fingerprint density at radius 2 is 1.08 bits per heavy atom. The van der Waals surface area contributed by atoms with Crippen LogP contribution in [0.2, 0.25) is 0 Å². The van der Waals surface area contributed by atoms with Gasteiger partial charge in [0.15, 0.2) is 12.1 Å². The molecule has 14 nitrogen and oxygen atoms in total. The highest BCUT2D eigenvalue weighted by Gasteiger charge is 2.41. The van der Waals surface area contributed by atoms with Crippen LogP contribution in [0.4, 0.5) is 0 Å². The summed E-state index contributed by atoms with van der Waals surface area (Å²) in [6.07, 6.45) is 0.0196. The zero-order chi connectivity index (χ0) is 35.7. The monoisotopic (exact) mass is 762 g/mol. The highest BCUT2D eigenvalue weighted by atomic mass is 33.1. The first-order valence-corrected chi connectivity index (χ1v) is 21.0. The molecule has 0 radical (unpaired) electrons. The van der Waals surface area contributed by atoms with E-state index in [2.05, 4.69) is 31.2 Å². The number of rotatable bonds is 4. The van der Waals surface area contributed by atoms with E-state index in [9.17, 15) is 19.2 Å². The van der Waals surface area contributed by atoms with E-state index >= 15 is 0 Å². The molecule has 4 aliphatic heterocycles. The number of ether oxygens (including phenoxy) is 2. The van der Waals surface area contributed by atoms with Gasteiger partial charge in [0.05, 0.1) is 12.1 Å². The van der Waals surface area contributed by atoms with Crippen LogP contribution in [-0.4, -0.2) is 93.3 Å². The SMILES string of the molecule is CC(C)C[C@H]1NC(=O)C2N=C(O[C@@H]2C)C2CSSCC(NC(=O)c3csc1n3)C1=N[C@H](C(=O)N[C@H](CC(C)C)c3nc(cs3)C(=O)N2)[C@@H](C)O1. The minimum Gasteiger partial charge on any atom is -0.474 e. The molecule has 8 atom stereocenters. The summed E-state index contributed by atoms with van der Waals surface area (Å²) in [5.74, 6) is 0.109. The molecular weight excluding hydrogens is 721 g/mol. The van der Waals surface area contributed by atoms with Crippen LogP contribution < -0.4 is 21.3 Å². The molecule has 2 aromatic rings. The second-order valence-electron chi connectivity index (χ2n) is 13.6. The summed E-state index contributed by atoms with van der Waals surface area (Å²) in [6.45, 7) is 11.8. The van der Waals surface area contributed by atoms with Crippen LogP contribution in [0, 0.1) is 11.8 Å². The van der Waals surface area contributed by atoms with Crippen molar-refractivity contribution in [1.29, 1.82) is 0 Å². The number of fused-ring (bicyclic) bond motifs is 13. The summed E-state index contributed by atoms with van der Waals surface area (Å²) in [6, 6.07) is -3.99. The molecule has 0 aromatic carbocycles. The van der Waals surface area contributed by atoms with Gasteiger partial charge in [-0.3, -0.25) is 19.2 Å². The molecule has 50 heavy (non-hydrogen) atoms. The highest BCUT2D eigenvalue weighted by molar-refractivity contribution is 8.76. The van der Waals surface area contributed by atoms with Crippen molar-refractivity contribution < 1.29 is 28.7 Å². The maximum atomic E-state index is 13.7. The summed E-state index contributed by atoms with van der Waals surface area (Å²) < 4.78 is 12.3. The van der Waals surface area contributed by atoms with Gasteiger partial charge in [-0.25, -0.2) is 20.0 Å². The Kier molecular flexibility index (Phi) is 11.4. The van der Waals surface area contributed by atoms with Gasteiger partial charge in [-0.2, -0.15) is 0 Å². The Morgan fingerprint density at radius 3 is 1.46 bits per heavy atom. The average molecular weight is 763 g/mol. The number of carbonyl (C=O) groups excluding carboxylic acids is 4. The van der Waals surface area contributed by atoms with Gasteiger partial charge in [-0.15, -0.1) is 22.7 Å². The maximum absolute atomic E-state index is 13.7. The lowest BCUT2D eigenvalue weighted by molar-refractivity contribution is -0.125. The lowest BCUT2D eigenvalue weighted by Crippen LogP contribution is -2.44. The van der Waals surface area contributed by atoms with Gasteiger partial charge in [0.1, 0.15) is 45.7 Å². The second-order valence-corrected chi connectivity index (χ2v) is 17.9. The summed E-state index contributed by atoms with van der Waals surface area (Å²) in [5.41, 5.74) is 0.415. The largest absolute Gasteiger partial charge is 0.474 e. The maximum Gasteiger partial charge on any atom is 0.271 e. The number of nitrogens with one attached hydrogen (secondary N) is 4. The lowest BCUT2D eigenvalue weighted by Gasteiger charge is -2.22. The molecule has 0 aliphatic carbocycles. The fourth-order valence-corrected chi connectivity index (χ4v) is 10.0. The van der Waals surface area contributed by atoms with E-state index in [1.807, 2.05) is 27.7 Å². The molecule has 0 fully saturated rings. The van der Waals surface area contributed by atoms with Crippen LogP contribution in [0.1, 0.15) is 97.5 Å². The van der Waals surface area contributed by atoms with Gasteiger partial charge in [0, 0.05) is 22.3 Å². The van der Waals surface area contributed by atoms with E-state index in [0.29, 0.717) is 34.4 Å². The van der Waals surface area contributed by atoms with Gasteiger partial charge in [0.25, 0.3) is 11.8 Å². The first-order valence-electron chi connectivity index (χ1n) is 16.7. The van der Waals surface area contributed by atoms with Crippen molar-refractivity contribution in [1.82, 2.24) is 31.2 Å². The molecule has 6 rings (SSSR count). The van der Waals surface area contributed by atoms with E-state index in [-0.39, 0.29) is 46.8 Å². The van der Waals surface area contributed by atoms with Crippen LogP contribution in [0.15, 0.2) is 20.7 Å². The Morgan fingerprint density at radius 1 is 0.680 bits per heavy atom. The minimum absolute atomic E-state index is 0.208. The van der Waals surface area contributed by atoms with Gasteiger partial charge in [0.2, 0.25) is 23.6 Å². The van der Waals surface area contributed by atoms with Crippen LogP contribution in [0.25, 0.3) is 0 Å². The fraction of sp³-hybridized carbons (Fsp3) is 0.625. The fourth-order valence-electron chi connectivity index (χ4n) is 5.99. The van der Waals surface area contributed by atoms with E-state index in [0.717, 1.165) is 0 Å². The molecule has 2 aromatic heterocycles. The molecule has 0 saturated carbocycles. The average Bonchev–Trinajstić information content (AvgIpc) is 3.86. The molecule has 18 heteroatoms. The number of hydrogen-bond acceptors (Lipinski definition) is 14. The Hall–Kier alpha value is -3.22. The van der Waals surface area contributed by atoms with Crippen molar-refractivity contribution >= 4 is 79.7 Å². The Labute approximate surface area is 306 Å². The standard InChI is InChI=1S/C32H42N8O6S4/c1-13(2)7-17-31-37-19(9-47-31)25(41)35-22-12-50-49-11-21(29-39-23(15(5)45-29)27(43)33-17)36-26(42)20-10-48-32(38-20)18(8-14(3)4)34-28(44)24-16(6)46-30(22)40-24/h9-10,13-18,21-24H,7-8,11-12H2,1-6H3,(H,33,43)(H,34,44)(H,35,41)(H,36,42)/t15-,16-,17-,18-,21?,22?,23+,24?/m1/s1. The van der Waals surface area contributed by atoms with Gasteiger partial charge >= 0.3 is 0 Å². The van der Waals surface area contributed by atoms with Crippen molar-refractivity contribution in [3.63, 3.8) is 0 Å². The summed E-state index contributed by atoms with van der Waals surface area (Å²) in [5, 5.41) is 16.8. The zero-order valence-corrected chi connectivity index (χ0v) is 31.9. The normalized spacial score (nSPS) is 30.6. The van der Waals surface area contributed by atoms with Crippen molar-refractivity contribution in [3.8, 4) is 0 Å². The highest BCUT2D eigenvalue weighted by Crippen LogP contribution is 2.31. The van der Waals surface area contributed by atoms with Crippen molar-refractivity contribution in [2.75, 3.05) is 11.5 Å². The predicted molar refractivity (Wildman–Crippen MR) is 196 cm³/mol. The zero-order valence-electron chi connectivity index (χ0n) is 28.6. The molecule has 4 amide bonds. The first kappa shape index (κ1) is 36.6. The van der Waals surface area contributed by atoms with Crippen LogP contribution in [0.3, 0.4) is 0 Å². The van der Waals surface area contributed by atoms with Crippen molar-refractivity contribution in [3.05, 3.63) is 32.2 Å². The Bertz CT molecular complexity index is 1560. The van der Waals surface area contributed by atoms with Crippen molar-refractivity contribution in [2.45, 2.75) is 103 Å². The smallest absolute Gasteiger partial charge is 0.271 e. The molecule has 3 unspecified atom stereocenters. The van der Waals surface area contributed by atoms with Crippen LogP contribution in [-0.2, 0) is 19.1 Å². The first-order chi connectivity index (χ1) is 23.9. The van der Waals surface area contributed by atoms with Gasteiger partial charge in [-0.1, -0.05) is 49.3 Å². The molecule has 4 aliphatic rings. The molecule has 6 heterocycles. The number of amides is 4. The molecule has 270 valence electrons. The summed E-state index contributed by atoms with van der Waals surface area (Å²) >= 11 is 2.59. The quantitative estimate of drug-likeness (QED) is 0.335. The molecule has 0 saturated heterocycles. The van der Waals surface area contributed by atoms with Crippen LogP contribution in [0.5, 0.6) is 0 Å². The van der Waals surface area contributed by atoms with E-state index in [1.54, 1.807) is 24.6 Å². The third-order valence-electron chi connectivity index (χ3n) is 8.48. The topological polar surface area (TPSA) is 185 Å². The van der Waals surface area contributed by atoms with Gasteiger partial charge in [-0.05, 0) is 38.5 Å². The van der Waals surface area contributed by atoms with E-state index < -0.39 is 60.3 Å². The van der Waals surface area contributed by atoms with E-state index in [4.69, 9.17) is 19.5 Å². The number of aromatic nitrogens is 2. The van der Waals surface area contributed by atoms with Crippen LogP contribution >= 0.6 is 44.3 Å². The van der Waals surface area contributed by atoms with Crippen molar-refractivity contribution in [2.24, 2.45) is 21.8 Å². The number of nitrogens with zero attached hydrogens (tertiary/aromatic N) is 4. The lowest BCUT2D eigenvalue weighted by atomic mass is 10.0. The molecule has 0 spiro atoms. The van der Waals surface area contributed by atoms with E-state index in [1.165, 1.54) is 44.3 Å². The third-order valence-corrected chi connectivity index (χ3v) is 12.8. The number of hydrogen-bond donors (Lipinski definition) is 4. The Balaban J connectivity index is 1.42. The summed E-state index contributed by atoms with van der Waals surface area (Å²) in [4.78, 5) is 73.5. The summed E-state index contributed by atoms with van der Waals surface area (Å²) in [7, 11) is 2.86. The molecule has 10 bridgehead atoms. The third kappa shape index (κ3) is 8.29. The number of thiazole rings is 2. The minimum atomic E-state index is -0.847. The van der Waals surface area contributed by atoms with Gasteiger partial charge < -0.3 is 30.7 Å². The predicted octanol–water partition coefficient (Wildman–Crippen LogP) is 3.68. The molecular formula is C32H42N8O6S4. The number of carbonyl (C=O) groups is 4.